The van der Waals surface area contributed by atoms with Crippen LogP contribution in [0.3, 0.4) is 0 Å². The summed E-state index contributed by atoms with van der Waals surface area (Å²) in [5.74, 6) is 1.78. The van der Waals surface area contributed by atoms with E-state index < -0.39 is 0 Å². The number of rotatable bonds is 7. The smallest absolute Gasteiger partial charge is 0.226 e. The second kappa shape index (κ2) is 9.57. The number of hydrogen-bond donors (Lipinski definition) is 1. The zero-order valence-corrected chi connectivity index (χ0v) is 17.7. The molecule has 3 rings (SSSR count). The van der Waals surface area contributed by atoms with Crippen LogP contribution in [0.15, 0.2) is 34.9 Å². The van der Waals surface area contributed by atoms with Crippen molar-refractivity contribution < 1.29 is 9.21 Å². The van der Waals surface area contributed by atoms with Gasteiger partial charge in [-0.1, -0.05) is 32.4 Å². The average molecular weight is 404 g/mol. The molecule has 1 saturated heterocycles. The summed E-state index contributed by atoms with van der Waals surface area (Å²) >= 11 is 5.91. The molecule has 0 saturated carbocycles. The van der Waals surface area contributed by atoms with Crippen LogP contribution in [0, 0.1) is 11.8 Å². The maximum Gasteiger partial charge on any atom is 0.226 e. The predicted molar refractivity (Wildman–Crippen MR) is 112 cm³/mol. The van der Waals surface area contributed by atoms with Crippen molar-refractivity contribution >= 4 is 17.5 Å². The largest absolute Gasteiger partial charge is 0.444 e. The Morgan fingerprint density at radius 3 is 2.61 bits per heavy atom. The number of nitrogens with one attached hydrogen (secondary N) is 1. The summed E-state index contributed by atoms with van der Waals surface area (Å²) in [6.07, 6.45) is 4.25. The number of nitrogens with zero attached hydrogens (tertiary/aromatic N) is 2. The van der Waals surface area contributed by atoms with E-state index in [1.807, 2.05) is 12.1 Å². The van der Waals surface area contributed by atoms with E-state index in [0.717, 1.165) is 24.6 Å². The van der Waals surface area contributed by atoms with Gasteiger partial charge in [0, 0.05) is 23.2 Å². The number of aromatic nitrogens is 1. The Bertz CT molecular complexity index is 764. The number of benzene rings is 1. The van der Waals surface area contributed by atoms with E-state index >= 15 is 0 Å². The number of likely N-dealkylation sites (tertiary alicyclic amines) is 1. The molecule has 0 bridgehead atoms. The highest BCUT2D eigenvalue weighted by molar-refractivity contribution is 6.30. The molecule has 2 aromatic rings. The van der Waals surface area contributed by atoms with Gasteiger partial charge < -0.3 is 9.73 Å². The number of carbonyl (C=O) groups is 1. The highest BCUT2D eigenvalue weighted by Crippen LogP contribution is 2.22. The number of amides is 1. The number of oxazole rings is 1. The normalized spacial score (nSPS) is 17.0. The van der Waals surface area contributed by atoms with E-state index in [9.17, 15) is 4.79 Å². The summed E-state index contributed by atoms with van der Waals surface area (Å²) in [6, 6.07) is 7.66. The third-order valence-corrected chi connectivity index (χ3v) is 5.80. The predicted octanol–water partition coefficient (Wildman–Crippen LogP) is 4.41. The molecule has 5 nitrogen and oxygen atoms in total. The quantitative estimate of drug-likeness (QED) is 0.743. The van der Waals surface area contributed by atoms with Gasteiger partial charge in [-0.25, -0.2) is 4.98 Å². The molecule has 1 N–H and O–H groups in total. The van der Waals surface area contributed by atoms with Gasteiger partial charge in [-0.3, -0.25) is 9.69 Å². The summed E-state index contributed by atoms with van der Waals surface area (Å²) in [5.41, 5.74) is 1.48. The zero-order valence-electron chi connectivity index (χ0n) is 17.0. The van der Waals surface area contributed by atoms with Crippen molar-refractivity contribution in [3.05, 3.63) is 41.2 Å². The molecule has 1 unspecified atom stereocenters. The van der Waals surface area contributed by atoms with E-state index in [4.69, 9.17) is 16.0 Å². The molecular formula is C22H30ClN3O2. The van der Waals surface area contributed by atoms with Crippen LogP contribution in [0.2, 0.25) is 5.02 Å². The molecule has 28 heavy (non-hydrogen) atoms. The second-order valence-electron chi connectivity index (χ2n) is 8.16. The van der Waals surface area contributed by atoms with Gasteiger partial charge in [-0.2, -0.15) is 0 Å². The van der Waals surface area contributed by atoms with E-state index in [1.165, 1.54) is 12.8 Å². The van der Waals surface area contributed by atoms with Crippen LogP contribution in [0.4, 0.5) is 0 Å². The first-order valence-electron chi connectivity index (χ1n) is 10.1. The molecule has 1 fully saturated rings. The van der Waals surface area contributed by atoms with Crippen LogP contribution in [0.5, 0.6) is 0 Å². The highest BCUT2D eigenvalue weighted by atomic mass is 35.5. The minimum Gasteiger partial charge on any atom is -0.444 e. The Balaban J connectivity index is 1.52. The fraction of sp³-hybridized carbons (Fsp3) is 0.545. The number of piperidine rings is 1. The van der Waals surface area contributed by atoms with E-state index in [-0.39, 0.29) is 12.3 Å². The van der Waals surface area contributed by atoms with E-state index in [0.29, 0.717) is 35.1 Å². The molecule has 2 heterocycles. The van der Waals surface area contributed by atoms with Gasteiger partial charge in [0.25, 0.3) is 0 Å². The molecule has 152 valence electrons. The van der Waals surface area contributed by atoms with Gasteiger partial charge in [0.15, 0.2) is 0 Å². The molecule has 1 amide bonds. The van der Waals surface area contributed by atoms with Crippen LogP contribution in [-0.2, 0) is 11.2 Å². The maximum absolute atomic E-state index is 12.4. The first kappa shape index (κ1) is 20.9. The molecule has 1 aromatic heterocycles. The maximum atomic E-state index is 12.4. The summed E-state index contributed by atoms with van der Waals surface area (Å²) < 4.78 is 5.52. The standard InChI is InChI=1S/C22H30ClN3O2/c1-15(2)20(26-10-8-16(3)9-11-26)13-24-21(27)12-19-14-28-22(25-19)17-4-6-18(23)7-5-17/h4-7,14-16,20H,8-13H2,1-3H3,(H,24,27). The van der Waals surface area contributed by atoms with Crippen molar-refractivity contribution in [2.45, 2.75) is 46.1 Å². The van der Waals surface area contributed by atoms with Gasteiger partial charge in [-0.05, 0) is 62.0 Å². The van der Waals surface area contributed by atoms with Crippen LogP contribution >= 0.6 is 11.6 Å². The van der Waals surface area contributed by atoms with Gasteiger partial charge >= 0.3 is 0 Å². The molecule has 6 heteroatoms. The Morgan fingerprint density at radius 2 is 1.96 bits per heavy atom. The van der Waals surface area contributed by atoms with Crippen molar-refractivity contribution in [1.82, 2.24) is 15.2 Å². The third kappa shape index (κ3) is 5.58. The van der Waals surface area contributed by atoms with Crippen molar-refractivity contribution in [2.75, 3.05) is 19.6 Å². The monoisotopic (exact) mass is 403 g/mol. The fourth-order valence-corrected chi connectivity index (χ4v) is 3.83. The summed E-state index contributed by atoms with van der Waals surface area (Å²) in [7, 11) is 0. The zero-order chi connectivity index (χ0) is 20.1. The SMILES string of the molecule is CC1CCN(C(CNC(=O)Cc2coc(-c3ccc(Cl)cc3)n2)C(C)C)CC1. The Hall–Kier alpha value is -1.85. The van der Waals surface area contributed by atoms with Crippen molar-refractivity contribution in [3.8, 4) is 11.5 Å². The van der Waals surface area contributed by atoms with Gasteiger partial charge in [0.2, 0.25) is 11.8 Å². The van der Waals surface area contributed by atoms with Crippen LogP contribution < -0.4 is 5.32 Å². The van der Waals surface area contributed by atoms with Crippen LogP contribution in [-0.4, -0.2) is 41.5 Å². The lowest BCUT2D eigenvalue weighted by Gasteiger charge is -2.38. The molecule has 1 aliphatic rings. The summed E-state index contributed by atoms with van der Waals surface area (Å²) in [6.45, 7) is 9.68. The Morgan fingerprint density at radius 1 is 1.29 bits per heavy atom. The number of halogens is 1. The van der Waals surface area contributed by atoms with Crippen LogP contribution in [0.1, 0.15) is 39.3 Å². The number of hydrogen-bond acceptors (Lipinski definition) is 4. The molecule has 0 radical (unpaired) electrons. The fourth-order valence-electron chi connectivity index (χ4n) is 3.71. The van der Waals surface area contributed by atoms with Crippen molar-refractivity contribution in [2.24, 2.45) is 11.8 Å². The lowest BCUT2D eigenvalue weighted by Crippen LogP contribution is -2.49. The lowest BCUT2D eigenvalue weighted by molar-refractivity contribution is -0.120. The van der Waals surface area contributed by atoms with Crippen molar-refractivity contribution in [3.63, 3.8) is 0 Å². The summed E-state index contributed by atoms with van der Waals surface area (Å²) in [5, 5.41) is 3.76. The van der Waals surface area contributed by atoms with Crippen LogP contribution in [0.25, 0.3) is 11.5 Å². The topological polar surface area (TPSA) is 58.4 Å². The number of carbonyl (C=O) groups excluding carboxylic acids is 1. The molecule has 1 aliphatic heterocycles. The Kier molecular flexibility index (Phi) is 7.13. The molecule has 1 aromatic carbocycles. The first-order valence-corrected chi connectivity index (χ1v) is 10.5. The average Bonchev–Trinajstić information content (AvgIpc) is 3.12. The lowest BCUT2D eigenvalue weighted by atomic mass is 9.94. The van der Waals surface area contributed by atoms with Gasteiger partial charge in [0.1, 0.15) is 6.26 Å². The van der Waals surface area contributed by atoms with Gasteiger partial charge in [-0.15, -0.1) is 0 Å². The highest BCUT2D eigenvalue weighted by Gasteiger charge is 2.26. The molecule has 0 aliphatic carbocycles. The molecule has 0 spiro atoms. The first-order chi connectivity index (χ1) is 13.4. The van der Waals surface area contributed by atoms with Crippen molar-refractivity contribution in [1.29, 1.82) is 0 Å². The van der Waals surface area contributed by atoms with E-state index in [1.54, 1.807) is 18.4 Å². The molecular weight excluding hydrogens is 374 g/mol. The second-order valence-corrected chi connectivity index (χ2v) is 8.60. The molecule has 1 atom stereocenters. The summed E-state index contributed by atoms with van der Waals surface area (Å²) in [4.78, 5) is 19.4. The minimum atomic E-state index is -0.0213. The van der Waals surface area contributed by atoms with Gasteiger partial charge in [0.05, 0.1) is 12.1 Å². The Labute approximate surface area is 172 Å². The van der Waals surface area contributed by atoms with E-state index in [2.05, 4.69) is 36.0 Å². The minimum absolute atomic E-state index is 0.0213. The third-order valence-electron chi connectivity index (χ3n) is 5.55.